The van der Waals surface area contributed by atoms with Gasteiger partial charge in [0.25, 0.3) is 0 Å². The molecule has 0 heterocycles. The van der Waals surface area contributed by atoms with Crippen molar-refractivity contribution < 1.29 is 4.79 Å². The number of amides is 1. The standard InChI is InChI=1S/C12H16.CH4N2O/c1-3-7-11(8-4-1)12-9-5-2-6-10-12;2-3-1-4/h1,3-4,7-8,12H,2,5-6,9-10H2;1H,2H2,(H,3,4). The van der Waals surface area contributed by atoms with E-state index in [1.165, 1.54) is 32.1 Å². The van der Waals surface area contributed by atoms with Gasteiger partial charge in [-0.1, -0.05) is 49.6 Å². The molecule has 1 saturated carbocycles. The second-order valence-corrected chi connectivity index (χ2v) is 4.03. The van der Waals surface area contributed by atoms with Gasteiger partial charge in [0.2, 0.25) is 6.41 Å². The van der Waals surface area contributed by atoms with Crippen molar-refractivity contribution >= 4 is 6.41 Å². The minimum atomic E-state index is 0.403. The van der Waals surface area contributed by atoms with E-state index in [-0.39, 0.29) is 0 Å². The number of carbonyl (C=O) groups excluding carboxylic acids is 1. The van der Waals surface area contributed by atoms with Crippen LogP contribution in [0.25, 0.3) is 0 Å². The molecule has 0 saturated heterocycles. The smallest absolute Gasteiger partial charge is 0.221 e. The van der Waals surface area contributed by atoms with Gasteiger partial charge < -0.3 is 0 Å². The first-order valence-corrected chi connectivity index (χ1v) is 5.83. The third-order valence-electron chi connectivity index (χ3n) is 2.94. The molecule has 3 N–H and O–H groups in total. The van der Waals surface area contributed by atoms with Gasteiger partial charge in [-0.15, -0.1) is 0 Å². The molecule has 1 aromatic carbocycles. The van der Waals surface area contributed by atoms with Gasteiger partial charge in [-0.25, -0.2) is 5.84 Å². The monoisotopic (exact) mass is 220 g/mol. The lowest BCUT2D eigenvalue weighted by atomic mass is 9.84. The highest BCUT2D eigenvalue weighted by Gasteiger charge is 2.14. The molecule has 0 bridgehead atoms. The van der Waals surface area contributed by atoms with Crippen LogP contribution in [-0.4, -0.2) is 6.41 Å². The van der Waals surface area contributed by atoms with Crippen molar-refractivity contribution in [2.24, 2.45) is 5.84 Å². The fraction of sp³-hybridized carbons (Fsp3) is 0.462. The number of nitrogens with two attached hydrogens (primary N) is 1. The summed E-state index contributed by atoms with van der Waals surface area (Å²) in [7, 11) is 0. The van der Waals surface area contributed by atoms with Gasteiger partial charge in [-0.2, -0.15) is 0 Å². The minimum absolute atomic E-state index is 0.403. The lowest BCUT2D eigenvalue weighted by Gasteiger charge is -2.21. The number of hydrogen-bond donors (Lipinski definition) is 2. The molecular formula is C13H20N2O. The van der Waals surface area contributed by atoms with Gasteiger partial charge in [0.05, 0.1) is 0 Å². The summed E-state index contributed by atoms with van der Waals surface area (Å²) in [5.74, 6) is 5.27. The molecule has 0 radical (unpaired) electrons. The molecular weight excluding hydrogens is 200 g/mol. The highest BCUT2D eigenvalue weighted by atomic mass is 16.1. The average Bonchev–Trinajstić information content (AvgIpc) is 2.41. The normalized spacial score (nSPS) is 15.8. The van der Waals surface area contributed by atoms with Gasteiger partial charge >= 0.3 is 0 Å². The second-order valence-electron chi connectivity index (χ2n) is 4.03. The Kier molecular flexibility index (Phi) is 6.26. The lowest BCUT2D eigenvalue weighted by molar-refractivity contribution is -0.109. The van der Waals surface area contributed by atoms with Crippen LogP contribution >= 0.6 is 0 Å². The Hall–Kier alpha value is -1.35. The zero-order valence-electron chi connectivity index (χ0n) is 9.56. The Labute approximate surface area is 97.0 Å². The molecule has 1 aliphatic rings. The number of nitrogens with one attached hydrogen (secondary N) is 1. The van der Waals surface area contributed by atoms with E-state index in [1.54, 1.807) is 11.0 Å². The first-order chi connectivity index (χ1) is 7.88. The summed E-state index contributed by atoms with van der Waals surface area (Å²) in [6, 6.07) is 11.0. The van der Waals surface area contributed by atoms with Crippen molar-refractivity contribution in [3.8, 4) is 0 Å². The predicted octanol–water partition coefficient (Wildman–Crippen LogP) is 2.34. The summed E-state index contributed by atoms with van der Waals surface area (Å²) in [5.41, 5.74) is 3.30. The first-order valence-electron chi connectivity index (χ1n) is 5.83. The van der Waals surface area contributed by atoms with Crippen molar-refractivity contribution in [3.63, 3.8) is 0 Å². The molecule has 1 fully saturated rings. The topological polar surface area (TPSA) is 55.1 Å². The summed E-state index contributed by atoms with van der Waals surface area (Å²) >= 11 is 0. The van der Waals surface area contributed by atoms with Crippen molar-refractivity contribution in [2.45, 2.75) is 38.0 Å². The van der Waals surface area contributed by atoms with Gasteiger partial charge in [0.1, 0.15) is 0 Å². The van der Waals surface area contributed by atoms with Crippen molar-refractivity contribution in [3.05, 3.63) is 35.9 Å². The van der Waals surface area contributed by atoms with Crippen LogP contribution in [0.3, 0.4) is 0 Å². The van der Waals surface area contributed by atoms with Gasteiger partial charge in [-0.05, 0) is 24.3 Å². The van der Waals surface area contributed by atoms with Crippen LogP contribution in [-0.2, 0) is 4.79 Å². The van der Waals surface area contributed by atoms with E-state index in [0.717, 1.165) is 5.92 Å². The minimum Gasteiger partial charge on any atom is -0.297 e. The van der Waals surface area contributed by atoms with Crippen molar-refractivity contribution in [1.29, 1.82) is 0 Å². The van der Waals surface area contributed by atoms with Gasteiger partial charge in [-0.3, -0.25) is 10.2 Å². The van der Waals surface area contributed by atoms with Crippen LogP contribution in [0.15, 0.2) is 30.3 Å². The van der Waals surface area contributed by atoms with E-state index in [9.17, 15) is 0 Å². The number of benzene rings is 1. The Morgan fingerprint density at radius 1 is 1.12 bits per heavy atom. The Bertz CT molecular complexity index is 281. The highest BCUT2D eigenvalue weighted by Crippen LogP contribution is 2.31. The van der Waals surface area contributed by atoms with E-state index in [1.807, 2.05) is 0 Å². The lowest BCUT2D eigenvalue weighted by Crippen LogP contribution is -2.18. The quantitative estimate of drug-likeness (QED) is 0.348. The Morgan fingerprint density at radius 3 is 2.19 bits per heavy atom. The fourth-order valence-electron chi connectivity index (χ4n) is 2.16. The number of hydrazine groups is 1. The zero-order chi connectivity index (χ0) is 11.6. The summed E-state index contributed by atoms with van der Waals surface area (Å²) in [6.45, 7) is 0. The Morgan fingerprint density at radius 2 is 1.69 bits per heavy atom. The van der Waals surface area contributed by atoms with Gasteiger partial charge in [0, 0.05) is 0 Å². The molecule has 0 aromatic heterocycles. The third kappa shape index (κ3) is 4.45. The molecule has 2 rings (SSSR count). The Balaban J connectivity index is 0.000000280. The molecule has 1 aromatic rings. The molecule has 1 amide bonds. The van der Waals surface area contributed by atoms with Crippen LogP contribution in [0.4, 0.5) is 0 Å². The van der Waals surface area contributed by atoms with Crippen LogP contribution in [0.2, 0.25) is 0 Å². The maximum Gasteiger partial charge on any atom is 0.221 e. The molecule has 3 heteroatoms. The van der Waals surface area contributed by atoms with Crippen LogP contribution in [0, 0.1) is 0 Å². The molecule has 3 nitrogen and oxygen atoms in total. The third-order valence-corrected chi connectivity index (χ3v) is 2.94. The molecule has 1 aliphatic carbocycles. The summed E-state index contributed by atoms with van der Waals surface area (Å²) < 4.78 is 0. The first kappa shape index (κ1) is 12.7. The molecule has 0 atom stereocenters. The van der Waals surface area contributed by atoms with E-state index in [2.05, 4.69) is 36.2 Å². The largest absolute Gasteiger partial charge is 0.297 e. The van der Waals surface area contributed by atoms with E-state index >= 15 is 0 Å². The van der Waals surface area contributed by atoms with Crippen molar-refractivity contribution in [2.75, 3.05) is 0 Å². The fourth-order valence-corrected chi connectivity index (χ4v) is 2.16. The van der Waals surface area contributed by atoms with Crippen LogP contribution < -0.4 is 11.3 Å². The van der Waals surface area contributed by atoms with Crippen molar-refractivity contribution in [1.82, 2.24) is 5.43 Å². The van der Waals surface area contributed by atoms with Crippen LogP contribution in [0.1, 0.15) is 43.6 Å². The second kappa shape index (κ2) is 7.88. The molecule has 16 heavy (non-hydrogen) atoms. The highest BCUT2D eigenvalue weighted by molar-refractivity contribution is 5.44. The number of hydrogen-bond acceptors (Lipinski definition) is 2. The molecule has 0 spiro atoms. The molecule has 0 unspecified atom stereocenters. The molecule has 88 valence electrons. The zero-order valence-corrected chi connectivity index (χ0v) is 9.56. The SMILES string of the molecule is NNC=O.c1ccc(C2CCCCC2)cc1. The number of rotatable bonds is 2. The number of carbonyl (C=O) groups is 1. The van der Waals surface area contributed by atoms with E-state index in [0.29, 0.717) is 6.41 Å². The summed E-state index contributed by atoms with van der Waals surface area (Å²) in [6.07, 6.45) is 7.52. The van der Waals surface area contributed by atoms with Gasteiger partial charge in [0.15, 0.2) is 0 Å². The maximum absolute atomic E-state index is 8.94. The predicted molar refractivity (Wildman–Crippen MR) is 65.7 cm³/mol. The summed E-state index contributed by atoms with van der Waals surface area (Å²) in [5, 5.41) is 0. The van der Waals surface area contributed by atoms with Crippen LogP contribution in [0.5, 0.6) is 0 Å². The maximum atomic E-state index is 8.94. The van der Waals surface area contributed by atoms with E-state index in [4.69, 9.17) is 4.79 Å². The van der Waals surface area contributed by atoms with E-state index < -0.39 is 0 Å². The summed E-state index contributed by atoms with van der Waals surface area (Å²) in [4.78, 5) is 8.94. The molecule has 0 aliphatic heterocycles. The average molecular weight is 220 g/mol.